The Bertz CT molecular complexity index is 415. The zero-order chi connectivity index (χ0) is 13.1. The van der Waals surface area contributed by atoms with Crippen molar-refractivity contribution in [3.05, 3.63) is 29.8 Å². The molecule has 1 aromatic carbocycles. The summed E-state index contributed by atoms with van der Waals surface area (Å²) >= 11 is 0. The van der Waals surface area contributed by atoms with E-state index in [1.54, 1.807) is 0 Å². The third-order valence-corrected chi connectivity index (χ3v) is 4.55. The van der Waals surface area contributed by atoms with Gasteiger partial charge in [0, 0.05) is 43.5 Å². The maximum atomic E-state index is 10.7. The Morgan fingerprint density at radius 2 is 1.58 bits per heavy atom. The first-order valence-electron chi connectivity index (χ1n) is 7.41. The predicted octanol–water partition coefficient (Wildman–Crippen LogP) is 2.56. The van der Waals surface area contributed by atoms with Gasteiger partial charge < -0.3 is 4.90 Å². The zero-order valence-electron chi connectivity index (χ0n) is 11.4. The molecule has 19 heavy (non-hydrogen) atoms. The van der Waals surface area contributed by atoms with Crippen LogP contribution in [0.1, 0.15) is 36.0 Å². The lowest BCUT2D eigenvalue weighted by atomic mass is 10.1. The highest BCUT2D eigenvalue weighted by Crippen LogP contribution is 2.25. The van der Waals surface area contributed by atoms with E-state index >= 15 is 0 Å². The summed E-state index contributed by atoms with van der Waals surface area (Å²) < 4.78 is 0. The van der Waals surface area contributed by atoms with Crippen LogP contribution in [0.15, 0.2) is 24.3 Å². The predicted molar refractivity (Wildman–Crippen MR) is 77.9 cm³/mol. The molecule has 1 saturated carbocycles. The van der Waals surface area contributed by atoms with Crippen molar-refractivity contribution >= 4 is 12.0 Å². The molecule has 0 spiro atoms. The third kappa shape index (κ3) is 2.81. The smallest absolute Gasteiger partial charge is 0.150 e. The van der Waals surface area contributed by atoms with Gasteiger partial charge in [-0.3, -0.25) is 9.69 Å². The first-order valence-corrected chi connectivity index (χ1v) is 7.41. The van der Waals surface area contributed by atoms with Crippen molar-refractivity contribution in [3.63, 3.8) is 0 Å². The summed E-state index contributed by atoms with van der Waals surface area (Å²) in [5.74, 6) is 0. The van der Waals surface area contributed by atoms with Crippen molar-refractivity contribution in [2.75, 3.05) is 31.1 Å². The third-order valence-electron chi connectivity index (χ3n) is 4.55. The highest BCUT2D eigenvalue weighted by molar-refractivity contribution is 5.75. The van der Waals surface area contributed by atoms with Crippen LogP contribution in [0.5, 0.6) is 0 Å². The van der Waals surface area contributed by atoms with Crippen LogP contribution in [0.2, 0.25) is 0 Å². The minimum Gasteiger partial charge on any atom is -0.369 e. The summed E-state index contributed by atoms with van der Waals surface area (Å²) in [6, 6.07) is 8.79. The average molecular weight is 258 g/mol. The Labute approximate surface area is 115 Å². The van der Waals surface area contributed by atoms with E-state index in [1.165, 1.54) is 44.5 Å². The first-order chi connectivity index (χ1) is 9.36. The molecule has 0 N–H and O–H groups in total. The SMILES string of the molecule is O=Cc1ccc(N2CCN(C3CCCC3)CC2)cc1. The number of carbonyl (C=O) groups is 1. The van der Waals surface area contributed by atoms with Gasteiger partial charge in [-0.2, -0.15) is 0 Å². The van der Waals surface area contributed by atoms with Gasteiger partial charge in [0.15, 0.2) is 0 Å². The molecule has 3 nitrogen and oxygen atoms in total. The number of aldehydes is 1. The summed E-state index contributed by atoms with van der Waals surface area (Å²) in [6.07, 6.45) is 6.53. The van der Waals surface area contributed by atoms with Gasteiger partial charge in [0.05, 0.1) is 0 Å². The lowest BCUT2D eigenvalue weighted by molar-refractivity contribution is 0.112. The van der Waals surface area contributed by atoms with Crippen molar-refractivity contribution in [2.45, 2.75) is 31.7 Å². The highest BCUT2D eigenvalue weighted by Gasteiger charge is 2.25. The molecule has 1 heterocycles. The summed E-state index contributed by atoms with van der Waals surface area (Å²) in [5, 5.41) is 0. The molecule has 0 amide bonds. The molecule has 1 aromatic rings. The van der Waals surface area contributed by atoms with Crippen LogP contribution in [0.25, 0.3) is 0 Å². The summed E-state index contributed by atoms with van der Waals surface area (Å²) in [5.41, 5.74) is 2.00. The lowest BCUT2D eigenvalue weighted by Gasteiger charge is -2.39. The van der Waals surface area contributed by atoms with Gasteiger partial charge in [0.25, 0.3) is 0 Å². The molecule has 1 aliphatic heterocycles. The van der Waals surface area contributed by atoms with E-state index < -0.39 is 0 Å². The van der Waals surface area contributed by atoms with E-state index in [2.05, 4.69) is 21.9 Å². The van der Waals surface area contributed by atoms with Gasteiger partial charge in [0.1, 0.15) is 6.29 Å². The van der Waals surface area contributed by atoms with Crippen LogP contribution in [0, 0.1) is 0 Å². The number of hydrogen-bond donors (Lipinski definition) is 0. The van der Waals surface area contributed by atoms with E-state index in [0.717, 1.165) is 31.0 Å². The van der Waals surface area contributed by atoms with E-state index in [9.17, 15) is 4.79 Å². The fourth-order valence-corrected chi connectivity index (χ4v) is 3.38. The summed E-state index contributed by atoms with van der Waals surface area (Å²) in [6.45, 7) is 4.58. The molecule has 0 unspecified atom stereocenters. The standard InChI is InChI=1S/C16H22N2O/c19-13-14-5-7-16(8-6-14)18-11-9-17(10-12-18)15-3-1-2-4-15/h5-8,13,15H,1-4,9-12H2. The molecule has 1 aliphatic carbocycles. The normalized spacial score (nSPS) is 21.8. The number of anilines is 1. The Balaban J connectivity index is 1.58. The number of benzene rings is 1. The zero-order valence-corrected chi connectivity index (χ0v) is 11.4. The van der Waals surface area contributed by atoms with Crippen molar-refractivity contribution in [3.8, 4) is 0 Å². The van der Waals surface area contributed by atoms with E-state index in [4.69, 9.17) is 0 Å². The van der Waals surface area contributed by atoms with Crippen molar-refractivity contribution < 1.29 is 4.79 Å². The summed E-state index contributed by atoms with van der Waals surface area (Å²) in [7, 11) is 0. The first kappa shape index (κ1) is 12.7. The molecule has 3 rings (SSSR count). The van der Waals surface area contributed by atoms with Crippen molar-refractivity contribution in [1.29, 1.82) is 0 Å². The quantitative estimate of drug-likeness (QED) is 0.779. The van der Waals surface area contributed by atoms with Gasteiger partial charge >= 0.3 is 0 Å². The molecule has 0 bridgehead atoms. The van der Waals surface area contributed by atoms with Crippen LogP contribution in [-0.2, 0) is 0 Å². The van der Waals surface area contributed by atoms with Gasteiger partial charge in [-0.15, -0.1) is 0 Å². The maximum absolute atomic E-state index is 10.7. The number of hydrogen-bond acceptors (Lipinski definition) is 3. The monoisotopic (exact) mass is 258 g/mol. The van der Waals surface area contributed by atoms with Gasteiger partial charge in [-0.25, -0.2) is 0 Å². The minimum atomic E-state index is 0.758. The number of piperazine rings is 1. The Hall–Kier alpha value is -1.35. The second kappa shape index (κ2) is 5.74. The van der Waals surface area contributed by atoms with Crippen LogP contribution >= 0.6 is 0 Å². The van der Waals surface area contributed by atoms with Crippen molar-refractivity contribution in [2.24, 2.45) is 0 Å². The van der Waals surface area contributed by atoms with E-state index in [1.807, 2.05) is 12.1 Å². The average Bonchev–Trinajstić information content (AvgIpc) is 3.02. The molecule has 102 valence electrons. The highest BCUT2D eigenvalue weighted by atomic mass is 16.1. The Morgan fingerprint density at radius 1 is 0.947 bits per heavy atom. The van der Waals surface area contributed by atoms with Crippen LogP contribution in [0.4, 0.5) is 5.69 Å². The van der Waals surface area contributed by atoms with Gasteiger partial charge in [-0.05, 0) is 37.1 Å². The molecule has 0 aromatic heterocycles. The fraction of sp³-hybridized carbons (Fsp3) is 0.562. The second-order valence-electron chi connectivity index (χ2n) is 5.67. The molecule has 2 fully saturated rings. The van der Waals surface area contributed by atoms with Gasteiger partial charge in [0.2, 0.25) is 0 Å². The number of nitrogens with zero attached hydrogens (tertiary/aromatic N) is 2. The summed E-state index contributed by atoms with van der Waals surface area (Å²) in [4.78, 5) is 15.8. The number of carbonyl (C=O) groups excluding carboxylic acids is 1. The van der Waals surface area contributed by atoms with Gasteiger partial charge in [-0.1, -0.05) is 12.8 Å². The number of rotatable bonds is 3. The largest absolute Gasteiger partial charge is 0.369 e. The molecule has 0 radical (unpaired) electrons. The van der Waals surface area contributed by atoms with Crippen LogP contribution < -0.4 is 4.90 Å². The lowest BCUT2D eigenvalue weighted by Crippen LogP contribution is -2.49. The van der Waals surface area contributed by atoms with E-state index in [0.29, 0.717) is 0 Å². The fourth-order valence-electron chi connectivity index (χ4n) is 3.38. The molecular formula is C16H22N2O. The Morgan fingerprint density at radius 3 is 2.16 bits per heavy atom. The van der Waals surface area contributed by atoms with E-state index in [-0.39, 0.29) is 0 Å². The topological polar surface area (TPSA) is 23.6 Å². The minimum absolute atomic E-state index is 0.758. The maximum Gasteiger partial charge on any atom is 0.150 e. The Kier molecular flexibility index (Phi) is 3.83. The molecular weight excluding hydrogens is 236 g/mol. The molecule has 2 aliphatic rings. The van der Waals surface area contributed by atoms with Crippen LogP contribution in [-0.4, -0.2) is 43.4 Å². The second-order valence-corrected chi connectivity index (χ2v) is 5.67. The molecule has 3 heteroatoms. The molecule has 1 saturated heterocycles. The van der Waals surface area contributed by atoms with Crippen LogP contribution in [0.3, 0.4) is 0 Å². The van der Waals surface area contributed by atoms with Crippen molar-refractivity contribution in [1.82, 2.24) is 4.90 Å². The molecule has 0 atom stereocenters.